The largest absolute Gasteiger partial charge is 0.467 e. The van der Waals surface area contributed by atoms with Gasteiger partial charge in [0.15, 0.2) is 48.9 Å². The first kappa shape index (κ1) is 69.2. The number of hydrogen-bond donors (Lipinski definition) is 2. The van der Waals surface area contributed by atoms with Crippen LogP contribution in [0.5, 0.6) is 0 Å². The van der Waals surface area contributed by atoms with Crippen molar-refractivity contribution in [3.8, 4) is 0 Å². The van der Waals surface area contributed by atoms with Crippen LogP contribution in [0.4, 0.5) is 9.59 Å². The molecular formula is C61H77Cl5N2O23. The normalized spacial score (nSPS) is 38.2. The SMILES string of the molecule is C[C@@H]1CC[C@@]2(OC1)OC1C[C@H]3[C@@H]4CC[C@H]5C[C@@H](O[C@@H]6O[C@H](COC(=O)CCl)[C@@H](O[C@@H]7O[C@H](COC(=O)NCc8ccco8)[C@@H](OC(=O)NCc8ccco8)[C@H](OC(=O)CCl)[C@H]7OC(=O)CCl)[C@H](OC(=O)CCl)[C@H]6OC(=O)CCl)CC[C@]5(C)[C@H]4C(=O)C[C@]3(C)C1[C@@H]2C. The molecule has 0 bridgehead atoms. The first-order valence-corrected chi connectivity index (χ1v) is 33.4. The summed E-state index contributed by atoms with van der Waals surface area (Å²) in [6.07, 6.45) is -12.5. The molecule has 504 valence electrons. The van der Waals surface area contributed by atoms with E-state index < -0.39 is 163 Å². The molecule has 0 aromatic carbocycles. The Labute approximate surface area is 550 Å². The molecule has 4 saturated heterocycles. The Morgan fingerprint density at radius 1 is 0.604 bits per heavy atom. The molecule has 4 aliphatic heterocycles. The van der Waals surface area contributed by atoms with Gasteiger partial charge in [0.1, 0.15) is 78.2 Å². The monoisotopic (exact) mass is 1380 g/mol. The Morgan fingerprint density at radius 2 is 1.16 bits per heavy atom. The molecule has 2 aromatic heterocycles. The second-order valence-electron chi connectivity index (χ2n) is 25.4. The van der Waals surface area contributed by atoms with E-state index >= 15 is 4.79 Å². The topological polar surface area (TPSA) is 307 Å². The summed E-state index contributed by atoms with van der Waals surface area (Å²) in [6.45, 7) is 7.69. The van der Waals surface area contributed by atoms with Crippen molar-refractivity contribution in [3.63, 3.8) is 0 Å². The van der Waals surface area contributed by atoms with Gasteiger partial charge in [0.2, 0.25) is 0 Å². The van der Waals surface area contributed by atoms with Crippen LogP contribution in [0.25, 0.3) is 0 Å². The van der Waals surface area contributed by atoms with E-state index in [-0.39, 0.29) is 65.9 Å². The third-order valence-corrected chi connectivity index (χ3v) is 21.1. The third kappa shape index (κ3) is 15.1. The molecule has 8 fully saturated rings. The average Bonchev–Trinajstić information content (AvgIpc) is 1.58. The van der Waals surface area contributed by atoms with Crippen molar-refractivity contribution in [2.45, 2.75) is 178 Å². The lowest BCUT2D eigenvalue weighted by Gasteiger charge is -2.60. The summed E-state index contributed by atoms with van der Waals surface area (Å²) in [6, 6.07) is 6.31. The zero-order chi connectivity index (χ0) is 64.9. The number of amides is 2. The summed E-state index contributed by atoms with van der Waals surface area (Å²) in [5.74, 6) is -7.95. The van der Waals surface area contributed by atoms with Gasteiger partial charge in [-0.15, -0.1) is 58.0 Å². The highest BCUT2D eigenvalue weighted by Gasteiger charge is 2.71. The predicted molar refractivity (Wildman–Crippen MR) is 316 cm³/mol. The van der Waals surface area contributed by atoms with E-state index in [1.54, 1.807) is 24.3 Å². The van der Waals surface area contributed by atoms with E-state index in [0.717, 1.165) is 32.1 Å². The molecular weight excluding hydrogens is 1310 g/mol. The molecule has 30 heteroatoms. The molecule has 6 heterocycles. The van der Waals surface area contributed by atoms with Crippen LogP contribution in [0.15, 0.2) is 45.6 Å². The number of fused-ring (bicyclic) bond motifs is 7. The summed E-state index contributed by atoms with van der Waals surface area (Å²) in [4.78, 5) is 109. The number of esters is 5. The summed E-state index contributed by atoms with van der Waals surface area (Å²) < 4.78 is 91.3. The van der Waals surface area contributed by atoms with Gasteiger partial charge in [0.05, 0.1) is 44.4 Å². The lowest BCUT2D eigenvalue weighted by molar-refractivity contribution is -0.364. The molecule has 2 aromatic rings. The smallest absolute Gasteiger partial charge is 0.408 e. The molecule has 2 N–H and O–H groups in total. The molecule has 1 spiro atoms. The first-order chi connectivity index (χ1) is 43.6. The number of alkyl halides is 5. The lowest BCUT2D eigenvalue weighted by atomic mass is 9.44. The predicted octanol–water partition coefficient (Wildman–Crippen LogP) is 7.62. The summed E-state index contributed by atoms with van der Waals surface area (Å²) in [7, 11) is 0. The van der Waals surface area contributed by atoms with Gasteiger partial charge in [0, 0.05) is 24.7 Å². The Balaban J connectivity index is 0.935. The van der Waals surface area contributed by atoms with Gasteiger partial charge >= 0.3 is 42.0 Å². The average molecular weight is 1380 g/mol. The zero-order valence-corrected chi connectivity index (χ0v) is 54.4. The summed E-state index contributed by atoms with van der Waals surface area (Å²) >= 11 is 30.1. The first-order valence-electron chi connectivity index (χ1n) is 30.7. The van der Waals surface area contributed by atoms with Gasteiger partial charge < -0.3 is 81.0 Å². The van der Waals surface area contributed by atoms with Crippen molar-refractivity contribution in [1.29, 1.82) is 0 Å². The molecule has 0 radical (unpaired) electrons. The summed E-state index contributed by atoms with van der Waals surface area (Å²) in [5, 5.41) is 4.98. The minimum absolute atomic E-state index is 0.000690. The van der Waals surface area contributed by atoms with Gasteiger partial charge in [-0.2, -0.15) is 0 Å². The number of ketones is 1. The molecule has 22 atom stereocenters. The number of ether oxygens (including phenoxy) is 13. The number of furan rings is 2. The Bertz CT molecular complexity index is 2880. The maximum Gasteiger partial charge on any atom is 0.408 e. The minimum Gasteiger partial charge on any atom is -0.467 e. The van der Waals surface area contributed by atoms with Crippen LogP contribution in [-0.4, -0.2) is 176 Å². The highest BCUT2D eigenvalue weighted by molar-refractivity contribution is 6.27. The van der Waals surface area contributed by atoms with Crippen LogP contribution >= 0.6 is 58.0 Å². The van der Waals surface area contributed by atoms with Crippen LogP contribution in [0.1, 0.15) is 97.0 Å². The lowest BCUT2D eigenvalue weighted by Crippen LogP contribution is -2.68. The molecule has 25 nitrogen and oxygen atoms in total. The number of hydrogen-bond acceptors (Lipinski definition) is 23. The summed E-state index contributed by atoms with van der Waals surface area (Å²) in [5.41, 5.74) is -0.666. The van der Waals surface area contributed by atoms with Crippen molar-refractivity contribution in [2.24, 2.45) is 52.3 Å². The maximum absolute atomic E-state index is 15.0. The quantitative estimate of drug-likeness (QED) is 0.0495. The fraction of sp³-hybridized carbons (Fsp3) is 0.738. The highest BCUT2D eigenvalue weighted by Crippen LogP contribution is 2.71. The van der Waals surface area contributed by atoms with E-state index in [2.05, 4.69) is 38.3 Å². The maximum atomic E-state index is 15.0. The minimum atomic E-state index is -2.11. The number of halogens is 5. The van der Waals surface area contributed by atoms with E-state index in [9.17, 15) is 33.6 Å². The van der Waals surface area contributed by atoms with E-state index in [0.29, 0.717) is 49.7 Å². The number of Topliss-reactive ketones (excluding diaryl/α,β-unsaturated/α-hetero) is 1. The zero-order valence-electron chi connectivity index (χ0n) is 50.6. The molecule has 10 rings (SSSR count). The van der Waals surface area contributed by atoms with Crippen LogP contribution in [0, 0.1) is 52.3 Å². The number of carbonyl (C=O) groups excluding carboxylic acids is 8. The van der Waals surface area contributed by atoms with Crippen molar-refractivity contribution in [3.05, 3.63) is 48.3 Å². The highest BCUT2D eigenvalue weighted by atomic mass is 35.5. The molecule has 4 aliphatic carbocycles. The van der Waals surface area contributed by atoms with E-state index in [1.165, 1.54) is 12.5 Å². The van der Waals surface area contributed by atoms with Crippen molar-refractivity contribution in [2.75, 3.05) is 49.2 Å². The fourth-order valence-corrected chi connectivity index (χ4v) is 16.4. The van der Waals surface area contributed by atoms with Crippen LogP contribution in [-0.2, 0) is 103 Å². The van der Waals surface area contributed by atoms with Gasteiger partial charge in [0.25, 0.3) is 0 Å². The molecule has 4 saturated carbocycles. The van der Waals surface area contributed by atoms with Crippen LogP contribution in [0.2, 0.25) is 0 Å². The number of alkyl carbamates (subject to hydrolysis) is 2. The van der Waals surface area contributed by atoms with Crippen molar-refractivity contribution < 1.29 is 109 Å². The standard InChI is InChI=1S/C61H77Cl5N2O23/c1-30-11-14-61(81-27-30)31(2)47-39(91-61)18-37-36-10-9-32-17-33(12-13-59(32,3)48(36)38(69)19-60(37,47)4)82-55-53(87-45(73)23-65)51(85-43(71)21-63)49(40(83-55)28-79-42(70)20-62)89-56-54(88-46(74)24-66)52(86-44(72)22-64)50(90-58(76)68-26-35-8-6-16-78-35)41(84-56)29-80-57(75)67-25-34-7-5-15-77-34/h5-8,15-16,30-33,36-37,39-41,47-56H,9-14,17-29H2,1-4H3,(H,67,75)(H,68,76)/t30-,31+,32+,33+,36+,37+,39?,40-,41-,47?,48-,49-,50-,51+,52+,53-,54-,55-,56+,59+,60+,61-/m1/s1. The molecule has 2 amide bonds. The molecule has 2 unspecified atom stereocenters. The molecule has 8 aliphatic rings. The van der Waals surface area contributed by atoms with Crippen LogP contribution in [0.3, 0.4) is 0 Å². The van der Waals surface area contributed by atoms with Gasteiger partial charge in [-0.25, -0.2) is 9.59 Å². The third-order valence-electron chi connectivity index (χ3n) is 20.0. The second kappa shape index (κ2) is 30.0. The van der Waals surface area contributed by atoms with Crippen molar-refractivity contribution in [1.82, 2.24) is 10.6 Å². The fourth-order valence-electron chi connectivity index (χ4n) is 16.1. The number of rotatable bonds is 22. The van der Waals surface area contributed by atoms with Gasteiger partial charge in [-0.3, -0.25) is 28.8 Å². The Kier molecular flexibility index (Phi) is 22.8. The van der Waals surface area contributed by atoms with Crippen LogP contribution < -0.4 is 10.6 Å². The van der Waals surface area contributed by atoms with E-state index in [4.69, 9.17) is 128 Å². The number of carbonyl (C=O) groups is 8. The number of nitrogens with one attached hydrogen (secondary N) is 2. The second-order valence-corrected chi connectivity index (χ2v) is 26.7. The van der Waals surface area contributed by atoms with Gasteiger partial charge in [-0.1, -0.05) is 27.7 Å². The van der Waals surface area contributed by atoms with E-state index in [1.807, 2.05) is 0 Å². The van der Waals surface area contributed by atoms with Crippen molar-refractivity contribution >= 4 is 106 Å². The Morgan fingerprint density at radius 3 is 1.74 bits per heavy atom. The Hall–Kier alpha value is -4.67. The molecule has 91 heavy (non-hydrogen) atoms. The van der Waals surface area contributed by atoms with Gasteiger partial charge in [-0.05, 0) is 110 Å².